The number of hydrogen-bond donors (Lipinski definition) is 3. The number of nitrogens with zero attached hydrogens (tertiary/aromatic N) is 5. The number of rotatable bonds is 7. The van der Waals surface area contributed by atoms with Crippen LogP contribution < -0.4 is 21.5 Å². The van der Waals surface area contributed by atoms with Crippen molar-refractivity contribution in [2.75, 3.05) is 24.8 Å². The van der Waals surface area contributed by atoms with Gasteiger partial charge in [-0.3, -0.25) is 19.1 Å². The topological polar surface area (TPSA) is 127 Å². The number of fused-ring (bicyclic) bond motifs is 1. The lowest BCUT2D eigenvalue weighted by molar-refractivity contribution is 0.0936. The molecule has 1 amide bonds. The first kappa shape index (κ1) is 21.6. The molecule has 1 aliphatic carbocycles. The third kappa shape index (κ3) is 3.97. The van der Waals surface area contributed by atoms with Gasteiger partial charge in [-0.1, -0.05) is 0 Å². The number of aromatic nitrogens is 5. The minimum atomic E-state index is -0.278. The number of anilines is 3. The van der Waals surface area contributed by atoms with Gasteiger partial charge in [0.2, 0.25) is 0 Å². The van der Waals surface area contributed by atoms with E-state index in [4.69, 9.17) is 4.74 Å². The zero-order chi connectivity index (χ0) is 23.8. The van der Waals surface area contributed by atoms with Gasteiger partial charge in [0, 0.05) is 32.1 Å². The second-order valence-corrected chi connectivity index (χ2v) is 8.04. The van der Waals surface area contributed by atoms with Crippen molar-refractivity contribution >= 4 is 28.9 Å². The summed E-state index contributed by atoms with van der Waals surface area (Å²) in [5, 5.41) is 13.4. The predicted octanol–water partition coefficient (Wildman–Crippen LogP) is 1.89. The van der Waals surface area contributed by atoms with Gasteiger partial charge in [-0.2, -0.15) is 9.61 Å². The minimum Gasteiger partial charge on any atom is -0.379 e. The number of carbonyl (C=O) groups is 1. The van der Waals surface area contributed by atoms with Crippen LogP contribution in [0.1, 0.15) is 22.5 Å². The summed E-state index contributed by atoms with van der Waals surface area (Å²) in [7, 11) is 3.37. The first-order chi connectivity index (χ1) is 16.5. The molecule has 0 unspecified atom stereocenters. The van der Waals surface area contributed by atoms with E-state index in [9.17, 15) is 9.59 Å². The number of nitrogens with one attached hydrogen (secondary N) is 3. The Hall–Kier alpha value is -4.25. The molecular formula is C23H24N8O3. The van der Waals surface area contributed by atoms with Crippen molar-refractivity contribution in [3.63, 3.8) is 0 Å². The number of hydrogen-bond acceptors (Lipinski definition) is 8. The number of aryl methyl sites for hydroxylation is 1. The second-order valence-electron chi connectivity index (χ2n) is 8.04. The lowest BCUT2D eigenvalue weighted by Crippen LogP contribution is -2.28. The fourth-order valence-electron chi connectivity index (χ4n) is 3.73. The predicted molar refractivity (Wildman–Crippen MR) is 127 cm³/mol. The highest BCUT2D eigenvalue weighted by Gasteiger charge is 2.39. The molecule has 1 fully saturated rings. The van der Waals surface area contributed by atoms with Crippen molar-refractivity contribution in [1.29, 1.82) is 0 Å². The third-order valence-corrected chi connectivity index (χ3v) is 5.71. The van der Waals surface area contributed by atoms with E-state index in [1.807, 2.05) is 19.1 Å². The standard InChI is InChI=1S/C23H24N8O3/c1-13-6-7-14(11-25-13)30-8-4-5-16(23(30)33)27-19-10-20(24-2)31-21(29-19)15(12-26-31)22(32)28-17-9-18(17)34-3/h4-8,10-12,17-18,24H,9H2,1-3H3,(H,27,29)(H,28,32)/t17-,18-/m1/s1. The molecule has 11 nitrogen and oxygen atoms in total. The molecule has 1 saturated carbocycles. The number of amides is 1. The first-order valence-electron chi connectivity index (χ1n) is 10.8. The molecule has 0 saturated heterocycles. The van der Waals surface area contributed by atoms with Crippen molar-refractivity contribution < 1.29 is 9.53 Å². The van der Waals surface area contributed by atoms with Crippen LogP contribution in [-0.2, 0) is 4.74 Å². The Morgan fingerprint density at radius 3 is 2.79 bits per heavy atom. The van der Waals surface area contributed by atoms with Crippen LogP contribution in [0.2, 0.25) is 0 Å². The van der Waals surface area contributed by atoms with Gasteiger partial charge >= 0.3 is 0 Å². The minimum absolute atomic E-state index is 0.0171. The molecule has 0 bridgehead atoms. The molecule has 4 heterocycles. The number of ether oxygens (including phenoxy) is 1. The smallest absolute Gasteiger partial charge is 0.278 e. The van der Waals surface area contributed by atoms with Crippen molar-refractivity contribution in [2.45, 2.75) is 25.5 Å². The van der Waals surface area contributed by atoms with E-state index in [0.29, 0.717) is 34.2 Å². The van der Waals surface area contributed by atoms with Crippen molar-refractivity contribution in [3.05, 3.63) is 70.5 Å². The molecule has 11 heteroatoms. The molecule has 34 heavy (non-hydrogen) atoms. The molecule has 0 spiro atoms. The molecule has 0 aliphatic heterocycles. The molecule has 0 radical (unpaired) electrons. The zero-order valence-electron chi connectivity index (χ0n) is 18.9. The highest BCUT2D eigenvalue weighted by molar-refractivity contribution is 6.00. The average Bonchev–Trinajstić information content (AvgIpc) is 3.45. The van der Waals surface area contributed by atoms with Crippen LogP contribution in [0.15, 0.2) is 53.7 Å². The Labute approximate surface area is 194 Å². The van der Waals surface area contributed by atoms with Gasteiger partial charge in [-0.25, -0.2) is 4.98 Å². The summed E-state index contributed by atoms with van der Waals surface area (Å²) in [6.45, 7) is 1.89. The molecule has 174 valence electrons. The Morgan fingerprint density at radius 2 is 2.09 bits per heavy atom. The summed E-state index contributed by atoms with van der Waals surface area (Å²) in [5.41, 5.74) is 2.28. The summed E-state index contributed by atoms with van der Waals surface area (Å²) in [5.74, 6) is 0.719. The quantitative estimate of drug-likeness (QED) is 0.382. The molecular weight excluding hydrogens is 436 g/mol. The van der Waals surface area contributed by atoms with Gasteiger partial charge in [-0.15, -0.1) is 0 Å². The molecule has 2 atom stereocenters. The van der Waals surface area contributed by atoms with Crippen LogP contribution in [0.3, 0.4) is 0 Å². The van der Waals surface area contributed by atoms with Gasteiger partial charge in [0.1, 0.15) is 22.9 Å². The summed E-state index contributed by atoms with van der Waals surface area (Å²) in [4.78, 5) is 34.8. The monoisotopic (exact) mass is 460 g/mol. The summed E-state index contributed by atoms with van der Waals surface area (Å²) in [6, 6.07) is 8.82. The van der Waals surface area contributed by atoms with Crippen LogP contribution in [0.25, 0.3) is 11.3 Å². The molecule has 3 N–H and O–H groups in total. The summed E-state index contributed by atoms with van der Waals surface area (Å²) < 4.78 is 8.30. The Morgan fingerprint density at radius 1 is 1.24 bits per heavy atom. The normalized spacial score (nSPS) is 16.9. The van der Waals surface area contributed by atoms with E-state index in [0.717, 1.165) is 12.1 Å². The molecule has 5 rings (SSSR count). The maximum absolute atomic E-state index is 13.1. The number of carbonyl (C=O) groups excluding carboxylic acids is 1. The van der Waals surface area contributed by atoms with E-state index in [-0.39, 0.29) is 23.6 Å². The Bertz CT molecular complexity index is 1430. The molecule has 4 aromatic heterocycles. The Balaban J connectivity index is 1.48. The van der Waals surface area contributed by atoms with Crippen molar-refractivity contribution in [1.82, 2.24) is 29.5 Å². The highest BCUT2D eigenvalue weighted by Crippen LogP contribution is 2.26. The van der Waals surface area contributed by atoms with Crippen LogP contribution >= 0.6 is 0 Å². The summed E-state index contributed by atoms with van der Waals surface area (Å²) >= 11 is 0. The molecule has 1 aliphatic rings. The molecule has 4 aromatic rings. The maximum atomic E-state index is 13.1. The Kier molecular flexibility index (Phi) is 5.46. The van der Waals surface area contributed by atoms with Crippen LogP contribution in [0, 0.1) is 6.92 Å². The van der Waals surface area contributed by atoms with E-state index in [2.05, 4.69) is 31.0 Å². The van der Waals surface area contributed by atoms with Gasteiger partial charge < -0.3 is 20.7 Å². The van der Waals surface area contributed by atoms with Gasteiger partial charge in [0.15, 0.2) is 5.65 Å². The third-order valence-electron chi connectivity index (χ3n) is 5.71. The number of pyridine rings is 2. The second kappa shape index (κ2) is 8.60. The summed E-state index contributed by atoms with van der Waals surface area (Å²) in [6.07, 6.45) is 5.62. The van der Waals surface area contributed by atoms with Gasteiger partial charge in [0.25, 0.3) is 11.5 Å². The van der Waals surface area contributed by atoms with Crippen molar-refractivity contribution in [3.8, 4) is 5.69 Å². The zero-order valence-corrected chi connectivity index (χ0v) is 18.9. The van der Waals surface area contributed by atoms with E-state index < -0.39 is 0 Å². The van der Waals surface area contributed by atoms with E-state index in [1.165, 1.54) is 10.8 Å². The number of methoxy groups -OCH3 is 1. The van der Waals surface area contributed by atoms with E-state index in [1.54, 1.807) is 49.3 Å². The largest absolute Gasteiger partial charge is 0.379 e. The average molecular weight is 460 g/mol. The fraction of sp³-hybridized carbons (Fsp3) is 0.261. The first-order valence-corrected chi connectivity index (χ1v) is 10.8. The maximum Gasteiger partial charge on any atom is 0.278 e. The lowest BCUT2D eigenvalue weighted by Gasteiger charge is -2.12. The SMILES string of the molecule is CNc1cc(Nc2cccn(-c3ccc(C)nc3)c2=O)nc2c(C(=O)N[C@@H]3C[C@H]3OC)cnn12. The van der Waals surface area contributed by atoms with Crippen LogP contribution in [0.4, 0.5) is 17.3 Å². The van der Waals surface area contributed by atoms with Crippen LogP contribution in [-0.4, -0.2) is 56.4 Å². The van der Waals surface area contributed by atoms with E-state index >= 15 is 0 Å². The van der Waals surface area contributed by atoms with Crippen LogP contribution in [0.5, 0.6) is 0 Å². The fourth-order valence-corrected chi connectivity index (χ4v) is 3.73. The van der Waals surface area contributed by atoms with Crippen molar-refractivity contribution in [2.24, 2.45) is 0 Å². The molecule has 0 aromatic carbocycles. The van der Waals surface area contributed by atoms with Gasteiger partial charge in [-0.05, 0) is 37.6 Å². The highest BCUT2D eigenvalue weighted by atomic mass is 16.5. The van der Waals surface area contributed by atoms with Gasteiger partial charge in [0.05, 0.1) is 30.2 Å². The lowest BCUT2D eigenvalue weighted by atomic mass is 10.3.